The van der Waals surface area contributed by atoms with Gasteiger partial charge in [-0.25, -0.2) is 0 Å². The molecule has 2 N–H and O–H groups in total. The molecule has 1 saturated heterocycles. The zero-order valence-corrected chi connectivity index (χ0v) is 10.8. The van der Waals surface area contributed by atoms with Crippen molar-refractivity contribution in [3.8, 4) is 0 Å². The molecule has 1 fully saturated rings. The molecule has 0 aliphatic carbocycles. The summed E-state index contributed by atoms with van der Waals surface area (Å²) in [5.41, 5.74) is 2.41. The maximum atomic E-state index is 9.06. The van der Waals surface area contributed by atoms with Crippen LogP contribution < -0.4 is 5.46 Å². The number of ether oxygens (including phenoxy) is 2. The first-order valence-corrected chi connectivity index (χ1v) is 6.52. The zero-order chi connectivity index (χ0) is 13.9. The minimum absolute atomic E-state index is 0.0655. The lowest BCUT2D eigenvalue weighted by atomic mass is 9.80. The quantitative estimate of drug-likeness (QED) is 0.821. The highest BCUT2D eigenvalue weighted by Crippen LogP contribution is 2.34. The van der Waals surface area contributed by atoms with Gasteiger partial charge >= 0.3 is 7.12 Å². The summed E-state index contributed by atoms with van der Waals surface area (Å²) in [6.07, 6.45) is -0.477. The molecule has 2 aromatic rings. The van der Waals surface area contributed by atoms with Gasteiger partial charge < -0.3 is 19.5 Å². The van der Waals surface area contributed by atoms with Gasteiger partial charge in [0.15, 0.2) is 6.29 Å². The standard InChI is InChI=1S/C15H15BO4/c17-16(18)13-8-6-12(7-9-13)15-19-10-14(20-15)11-4-2-1-3-5-11/h1-9,14-15,17-18H,10H2/t14-,15+/m1/s1. The van der Waals surface area contributed by atoms with Crippen LogP contribution in [0.4, 0.5) is 0 Å². The van der Waals surface area contributed by atoms with E-state index in [1.807, 2.05) is 30.3 Å². The Hall–Kier alpha value is -1.66. The Morgan fingerprint density at radius 2 is 1.60 bits per heavy atom. The van der Waals surface area contributed by atoms with Gasteiger partial charge in [-0.3, -0.25) is 0 Å². The second kappa shape index (κ2) is 5.77. The van der Waals surface area contributed by atoms with Crippen LogP contribution in [-0.4, -0.2) is 23.8 Å². The average Bonchev–Trinajstić information content (AvgIpc) is 2.98. The second-order valence-corrected chi connectivity index (χ2v) is 4.74. The number of hydrogen-bond acceptors (Lipinski definition) is 4. The SMILES string of the molecule is OB(O)c1ccc([C@H]2OC[C@H](c3ccccc3)O2)cc1. The molecule has 4 nitrogen and oxygen atoms in total. The molecule has 0 unspecified atom stereocenters. The minimum Gasteiger partial charge on any atom is -0.423 e. The molecule has 0 bridgehead atoms. The van der Waals surface area contributed by atoms with Gasteiger partial charge in [0, 0.05) is 5.56 Å². The lowest BCUT2D eigenvalue weighted by Crippen LogP contribution is -2.29. The summed E-state index contributed by atoms with van der Waals surface area (Å²) in [5.74, 6) is 0. The smallest absolute Gasteiger partial charge is 0.423 e. The summed E-state index contributed by atoms with van der Waals surface area (Å²) >= 11 is 0. The first kappa shape index (κ1) is 13.3. The van der Waals surface area contributed by atoms with Crippen molar-refractivity contribution in [3.63, 3.8) is 0 Å². The highest BCUT2D eigenvalue weighted by atomic mass is 16.7. The van der Waals surface area contributed by atoms with Crippen LogP contribution in [0, 0.1) is 0 Å². The monoisotopic (exact) mass is 270 g/mol. The van der Waals surface area contributed by atoms with Gasteiger partial charge in [0.1, 0.15) is 6.10 Å². The molecule has 0 saturated carbocycles. The van der Waals surface area contributed by atoms with E-state index in [0.29, 0.717) is 12.1 Å². The van der Waals surface area contributed by atoms with Gasteiger partial charge in [0.05, 0.1) is 6.61 Å². The first-order chi connectivity index (χ1) is 9.74. The fraction of sp³-hybridized carbons (Fsp3) is 0.200. The van der Waals surface area contributed by atoms with E-state index in [4.69, 9.17) is 19.5 Å². The Labute approximate surface area is 117 Å². The predicted octanol–water partition coefficient (Wildman–Crippen LogP) is 1.15. The molecule has 0 aromatic heterocycles. The van der Waals surface area contributed by atoms with Crippen molar-refractivity contribution in [1.29, 1.82) is 0 Å². The van der Waals surface area contributed by atoms with Crippen molar-refractivity contribution in [2.24, 2.45) is 0 Å². The third kappa shape index (κ3) is 2.76. The van der Waals surface area contributed by atoms with Crippen LogP contribution in [0.3, 0.4) is 0 Å². The van der Waals surface area contributed by atoms with Gasteiger partial charge in [0.25, 0.3) is 0 Å². The van der Waals surface area contributed by atoms with Crippen LogP contribution in [0.25, 0.3) is 0 Å². The summed E-state index contributed by atoms with van der Waals surface area (Å²) in [5, 5.41) is 18.1. The van der Waals surface area contributed by atoms with Crippen LogP contribution in [-0.2, 0) is 9.47 Å². The molecule has 2 aromatic carbocycles. The highest BCUT2D eigenvalue weighted by molar-refractivity contribution is 6.58. The summed E-state index contributed by atoms with van der Waals surface area (Å²) in [6, 6.07) is 16.8. The Kier molecular flexibility index (Phi) is 3.85. The van der Waals surface area contributed by atoms with Gasteiger partial charge in [-0.05, 0) is 11.0 Å². The number of benzene rings is 2. The van der Waals surface area contributed by atoms with Gasteiger partial charge in [-0.15, -0.1) is 0 Å². The van der Waals surface area contributed by atoms with Crippen LogP contribution >= 0.6 is 0 Å². The first-order valence-electron chi connectivity index (χ1n) is 6.52. The van der Waals surface area contributed by atoms with Crippen molar-refractivity contribution in [3.05, 3.63) is 65.7 Å². The summed E-state index contributed by atoms with van der Waals surface area (Å²) in [7, 11) is -1.45. The van der Waals surface area contributed by atoms with Crippen molar-refractivity contribution in [2.45, 2.75) is 12.4 Å². The average molecular weight is 270 g/mol. The lowest BCUT2D eigenvalue weighted by Gasteiger charge is -2.12. The summed E-state index contributed by atoms with van der Waals surface area (Å²) < 4.78 is 11.5. The Bertz CT molecular complexity index is 556. The number of hydrogen-bond donors (Lipinski definition) is 2. The van der Waals surface area contributed by atoms with Crippen molar-refractivity contribution in [2.75, 3.05) is 6.61 Å². The van der Waals surface area contributed by atoms with Crippen LogP contribution in [0.2, 0.25) is 0 Å². The minimum atomic E-state index is -1.45. The molecule has 0 amide bonds. The molecule has 20 heavy (non-hydrogen) atoms. The second-order valence-electron chi connectivity index (χ2n) is 4.74. The predicted molar refractivity (Wildman–Crippen MR) is 75.2 cm³/mol. The summed E-state index contributed by atoms with van der Waals surface area (Å²) in [4.78, 5) is 0. The van der Waals surface area contributed by atoms with Crippen LogP contribution in [0.1, 0.15) is 23.5 Å². The van der Waals surface area contributed by atoms with Crippen LogP contribution in [0.15, 0.2) is 54.6 Å². The van der Waals surface area contributed by atoms with E-state index < -0.39 is 13.4 Å². The van der Waals surface area contributed by atoms with Gasteiger partial charge in [-0.1, -0.05) is 54.6 Å². The molecule has 1 aliphatic heterocycles. The van der Waals surface area contributed by atoms with E-state index in [9.17, 15) is 0 Å². The molecule has 0 radical (unpaired) electrons. The molecule has 2 atom stereocenters. The van der Waals surface area contributed by atoms with Crippen molar-refractivity contribution < 1.29 is 19.5 Å². The largest absolute Gasteiger partial charge is 0.488 e. The molecular formula is C15H15BO4. The van der Waals surface area contributed by atoms with Crippen LogP contribution in [0.5, 0.6) is 0 Å². The summed E-state index contributed by atoms with van der Waals surface area (Å²) in [6.45, 7) is 0.513. The molecule has 0 spiro atoms. The van der Waals surface area contributed by atoms with E-state index in [1.165, 1.54) is 0 Å². The number of rotatable bonds is 3. The van der Waals surface area contributed by atoms with Crippen molar-refractivity contribution >= 4 is 12.6 Å². The maximum Gasteiger partial charge on any atom is 0.488 e. The fourth-order valence-corrected chi connectivity index (χ4v) is 2.25. The third-order valence-electron chi connectivity index (χ3n) is 3.36. The van der Waals surface area contributed by atoms with E-state index >= 15 is 0 Å². The zero-order valence-electron chi connectivity index (χ0n) is 10.8. The molecule has 3 rings (SSSR count). The van der Waals surface area contributed by atoms with E-state index in [2.05, 4.69) is 0 Å². The van der Waals surface area contributed by atoms with Crippen molar-refractivity contribution in [1.82, 2.24) is 0 Å². The molecule has 1 aliphatic rings. The Balaban J connectivity index is 1.71. The normalized spacial score (nSPS) is 21.9. The Morgan fingerprint density at radius 3 is 2.25 bits per heavy atom. The maximum absolute atomic E-state index is 9.06. The van der Waals surface area contributed by atoms with Gasteiger partial charge in [-0.2, -0.15) is 0 Å². The van der Waals surface area contributed by atoms with E-state index in [-0.39, 0.29) is 6.10 Å². The van der Waals surface area contributed by atoms with Gasteiger partial charge in [0.2, 0.25) is 0 Å². The highest BCUT2D eigenvalue weighted by Gasteiger charge is 2.28. The van der Waals surface area contributed by atoms with E-state index in [1.54, 1.807) is 24.3 Å². The lowest BCUT2D eigenvalue weighted by molar-refractivity contribution is -0.0607. The molecule has 102 valence electrons. The third-order valence-corrected chi connectivity index (χ3v) is 3.36. The molecule has 5 heteroatoms. The fourth-order valence-electron chi connectivity index (χ4n) is 2.25. The topological polar surface area (TPSA) is 58.9 Å². The Morgan fingerprint density at radius 1 is 0.900 bits per heavy atom. The van der Waals surface area contributed by atoms with E-state index in [0.717, 1.165) is 11.1 Å². The molecule has 1 heterocycles. The molecular weight excluding hydrogens is 255 g/mol.